The molecule has 0 radical (unpaired) electrons. The second-order valence-electron chi connectivity index (χ2n) is 21.8. The van der Waals surface area contributed by atoms with Gasteiger partial charge in [-0.3, -0.25) is 43.5 Å². The molecular formula is C61H71F9N10O13. The fourth-order valence-electron chi connectivity index (χ4n) is 10.1. The van der Waals surface area contributed by atoms with Gasteiger partial charge in [-0.2, -0.15) is 39.5 Å². The Hall–Kier alpha value is -9.30. The number of carboxylic acid groups (broad SMARTS) is 3. The van der Waals surface area contributed by atoms with Gasteiger partial charge in [-0.25, -0.2) is 14.4 Å². The zero-order valence-electron chi connectivity index (χ0n) is 50.3. The minimum atomic E-state index is -5.08. The van der Waals surface area contributed by atoms with Crippen molar-refractivity contribution in [3.8, 4) is 5.75 Å². The van der Waals surface area contributed by atoms with E-state index in [2.05, 4.69) is 46.3 Å². The largest absolute Gasteiger partial charge is 0.508 e. The number of nitrogens with zero attached hydrogens (tertiary/aromatic N) is 4. The first-order valence-electron chi connectivity index (χ1n) is 29.1. The van der Waals surface area contributed by atoms with Crippen LogP contribution in [0.2, 0.25) is 0 Å². The molecule has 4 heterocycles. The number of phenols is 1. The van der Waals surface area contributed by atoms with Crippen molar-refractivity contribution in [1.29, 1.82) is 0 Å². The average molecular weight is 1320 g/mol. The number of alkyl halides is 9. The average Bonchev–Trinajstić information content (AvgIpc) is 1.71. The lowest BCUT2D eigenvalue weighted by atomic mass is 9.91. The number of piperazine rings is 1. The first-order chi connectivity index (χ1) is 43.7. The standard InChI is InChI=1S/C55H68N10O7.3C2HF3O2/c1-37(58-55(72)48(59-38(2)66)34-41-35-57-45-14-5-3-12-43(41)45)52(69)61-47(33-40-18-20-42(67)21-19-40)54(71)56-24-28-63-31-29-62(30-32-63)25-10-9-11-39-22-26-64(27-23-39)36-51(68)65-49-16-7-4-13-44(49)53(70)60-46-15-6-8-17-50(46)65;3*3-2(4,5)1(6)7/h3-8,12-21,35,37,39,47-48,57,67H,9-11,22-34,36H2,1-2H3,(H,56,71)(H,58,72)(H,59,66)(H,60,70)(H,61,69);3*(H,6,7)/t37-,47-,48-;;;/m0.../s1. The van der Waals surface area contributed by atoms with Crippen LogP contribution in [0.5, 0.6) is 5.75 Å². The van der Waals surface area contributed by atoms with Gasteiger partial charge < -0.3 is 56.9 Å². The number of aliphatic carboxylic acids is 3. The molecule has 10 N–H and O–H groups in total. The Balaban J connectivity index is 0.000000642. The zero-order chi connectivity index (χ0) is 68.8. The lowest BCUT2D eigenvalue weighted by molar-refractivity contribution is -0.193. The van der Waals surface area contributed by atoms with E-state index in [1.54, 1.807) is 29.3 Å². The van der Waals surface area contributed by atoms with Crippen molar-refractivity contribution in [2.45, 2.75) is 95.4 Å². The summed E-state index contributed by atoms with van der Waals surface area (Å²) in [5.74, 6) is -9.63. The molecule has 0 saturated carbocycles. The third-order valence-electron chi connectivity index (χ3n) is 14.9. The van der Waals surface area contributed by atoms with Gasteiger partial charge in [0.1, 0.15) is 23.9 Å². The number of amides is 6. The number of benzene rings is 4. The highest BCUT2D eigenvalue weighted by molar-refractivity contribution is 6.18. The van der Waals surface area contributed by atoms with Crippen LogP contribution in [0.1, 0.15) is 67.4 Å². The van der Waals surface area contributed by atoms with Gasteiger partial charge in [0.15, 0.2) is 0 Å². The smallest absolute Gasteiger partial charge is 0.490 e. The number of anilines is 3. The van der Waals surface area contributed by atoms with Gasteiger partial charge in [-0.15, -0.1) is 0 Å². The van der Waals surface area contributed by atoms with Crippen molar-refractivity contribution in [3.63, 3.8) is 0 Å². The number of carboxylic acids is 3. The SMILES string of the molecule is CC(=O)N[C@@H](Cc1c[nH]c2ccccc12)C(=O)N[C@@H](C)C(=O)N[C@@H](Cc1ccc(O)cc1)C(=O)NCCN1CCN(CCCCC2CCN(CC(=O)N3c4ccccc4NC(=O)c4ccccc43)CC2)CC1.O=C(O)C(F)(F)F.O=C(O)C(F)(F)F.O=C(O)C(F)(F)F. The van der Waals surface area contributed by atoms with Crippen LogP contribution < -0.4 is 31.5 Å². The monoisotopic (exact) mass is 1320 g/mol. The fourth-order valence-corrected chi connectivity index (χ4v) is 10.1. The first kappa shape index (κ1) is 74.4. The van der Waals surface area contributed by atoms with Gasteiger partial charge >= 0.3 is 36.4 Å². The lowest BCUT2D eigenvalue weighted by Crippen LogP contribution is -2.57. The number of phenolic OH excluding ortho intramolecular Hbond substituents is 1. The van der Waals surface area contributed by atoms with Gasteiger partial charge in [-0.05, 0) is 105 Å². The number of likely N-dealkylation sites (tertiary alicyclic amines) is 1. The first-order valence-corrected chi connectivity index (χ1v) is 29.1. The van der Waals surface area contributed by atoms with E-state index < -0.39 is 66.4 Å². The maximum Gasteiger partial charge on any atom is 0.490 e. The number of unbranched alkanes of at least 4 members (excludes halogenated alkanes) is 1. The summed E-state index contributed by atoms with van der Waals surface area (Å²) in [5, 5.41) is 46.4. The third kappa shape index (κ3) is 24.0. The van der Waals surface area contributed by atoms with Crippen LogP contribution >= 0.6 is 0 Å². The number of para-hydroxylation sites is 4. The number of halogens is 9. The quantitative estimate of drug-likeness (QED) is 0.0290. The Labute approximate surface area is 526 Å². The van der Waals surface area contributed by atoms with Crippen LogP contribution in [-0.4, -0.2) is 196 Å². The summed E-state index contributed by atoms with van der Waals surface area (Å²) >= 11 is 0. The number of H-pyrrole nitrogens is 1. The summed E-state index contributed by atoms with van der Waals surface area (Å²) in [7, 11) is 0. The highest BCUT2D eigenvalue weighted by atomic mass is 19.4. The van der Waals surface area contributed by atoms with Gasteiger partial charge in [0.2, 0.25) is 29.5 Å². The van der Waals surface area contributed by atoms with Crippen molar-refractivity contribution in [2.75, 3.05) is 75.7 Å². The molecule has 0 aliphatic carbocycles. The molecule has 2 fully saturated rings. The lowest BCUT2D eigenvalue weighted by Gasteiger charge is -2.35. The third-order valence-corrected chi connectivity index (χ3v) is 14.9. The number of piperidine rings is 1. The van der Waals surface area contributed by atoms with Crippen molar-refractivity contribution in [3.05, 3.63) is 120 Å². The Morgan fingerprint density at radius 2 is 1.13 bits per heavy atom. The molecule has 3 aliphatic heterocycles. The van der Waals surface area contributed by atoms with Crippen LogP contribution in [0.15, 0.2) is 103 Å². The van der Waals surface area contributed by atoms with Gasteiger partial charge in [0, 0.05) is 76.1 Å². The Morgan fingerprint density at radius 1 is 0.602 bits per heavy atom. The number of carbonyl (C=O) groups excluding carboxylic acids is 6. The Kier molecular flexibility index (Phi) is 27.5. The summed E-state index contributed by atoms with van der Waals surface area (Å²) in [6.07, 6.45) is -7.48. The number of hydrogen-bond acceptors (Lipinski definition) is 13. The number of aromatic amines is 1. The number of carbonyl (C=O) groups is 9. The highest BCUT2D eigenvalue weighted by Gasteiger charge is 2.40. The summed E-state index contributed by atoms with van der Waals surface area (Å²) in [6.45, 7) is 10.7. The van der Waals surface area contributed by atoms with Crippen LogP contribution in [0, 0.1) is 5.92 Å². The molecule has 0 spiro atoms. The van der Waals surface area contributed by atoms with Crippen LogP contribution in [-0.2, 0) is 51.2 Å². The number of aromatic nitrogens is 1. The molecule has 32 heteroatoms. The van der Waals surface area contributed by atoms with E-state index in [1.807, 2.05) is 66.7 Å². The summed E-state index contributed by atoms with van der Waals surface area (Å²) in [6, 6.07) is 25.9. The molecule has 3 atom stereocenters. The molecule has 2 saturated heterocycles. The molecule has 8 rings (SSSR count). The minimum Gasteiger partial charge on any atom is -0.508 e. The maximum atomic E-state index is 13.9. The summed E-state index contributed by atoms with van der Waals surface area (Å²) in [5.41, 5.74) is 4.88. The van der Waals surface area contributed by atoms with Crippen molar-refractivity contribution >= 4 is 81.3 Å². The maximum absolute atomic E-state index is 13.9. The van der Waals surface area contributed by atoms with Gasteiger partial charge in [0.25, 0.3) is 5.91 Å². The molecule has 506 valence electrons. The van der Waals surface area contributed by atoms with E-state index in [0.29, 0.717) is 48.2 Å². The van der Waals surface area contributed by atoms with Crippen molar-refractivity contribution in [2.24, 2.45) is 5.92 Å². The van der Waals surface area contributed by atoms with E-state index in [4.69, 9.17) is 29.7 Å². The predicted octanol–water partition coefficient (Wildman–Crippen LogP) is 6.60. The van der Waals surface area contributed by atoms with E-state index in [1.165, 1.54) is 32.4 Å². The van der Waals surface area contributed by atoms with Crippen molar-refractivity contribution in [1.82, 2.24) is 41.0 Å². The second kappa shape index (κ2) is 34.4. The van der Waals surface area contributed by atoms with Gasteiger partial charge in [0.05, 0.1) is 29.2 Å². The molecular weight excluding hydrogens is 1250 g/mol. The van der Waals surface area contributed by atoms with Crippen LogP contribution in [0.25, 0.3) is 10.9 Å². The normalized spacial score (nSPS) is 15.6. The second-order valence-corrected chi connectivity index (χ2v) is 21.8. The molecule has 0 unspecified atom stereocenters. The molecule has 3 aliphatic rings. The molecule has 93 heavy (non-hydrogen) atoms. The zero-order valence-corrected chi connectivity index (χ0v) is 50.3. The number of fused-ring (bicyclic) bond motifs is 3. The number of nitrogens with one attached hydrogen (secondary N) is 6. The Morgan fingerprint density at radius 3 is 1.71 bits per heavy atom. The molecule has 4 aromatic carbocycles. The van der Waals surface area contributed by atoms with E-state index in [-0.39, 0.29) is 42.2 Å². The predicted molar refractivity (Wildman–Crippen MR) is 319 cm³/mol. The van der Waals surface area contributed by atoms with Crippen LogP contribution in [0.4, 0.5) is 56.6 Å². The topological polar surface area (TPSA) is 323 Å². The fraction of sp³-hybridized carbons (Fsp3) is 0.426. The summed E-state index contributed by atoms with van der Waals surface area (Å²) in [4.78, 5) is 119. The van der Waals surface area contributed by atoms with Crippen molar-refractivity contribution < 1.29 is 103 Å². The van der Waals surface area contributed by atoms with E-state index in [0.717, 1.165) is 93.5 Å². The summed E-state index contributed by atoms with van der Waals surface area (Å²) < 4.78 is 95.2. The molecule has 5 aromatic rings. The molecule has 23 nitrogen and oxygen atoms in total. The van der Waals surface area contributed by atoms with E-state index in [9.17, 15) is 73.4 Å². The molecule has 1 aromatic heterocycles. The van der Waals surface area contributed by atoms with E-state index >= 15 is 0 Å². The Bertz CT molecular complexity index is 3310. The van der Waals surface area contributed by atoms with Gasteiger partial charge in [-0.1, -0.05) is 67.4 Å². The number of hydrogen-bond donors (Lipinski definition) is 10. The van der Waals surface area contributed by atoms with Crippen LogP contribution in [0.3, 0.4) is 0 Å². The highest BCUT2D eigenvalue weighted by Crippen LogP contribution is 2.38. The molecule has 6 amide bonds. The number of aromatic hydroxyl groups is 1. The number of rotatable bonds is 20. The minimum absolute atomic E-state index is 0.0456. The molecule has 0 bridgehead atoms.